The highest BCUT2D eigenvalue weighted by atomic mass is 32.1. The molecule has 35 heavy (non-hydrogen) atoms. The lowest BCUT2D eigenvalue weighted by atomic mass is 10.2. The third kappa shape index (κ3) is 5.17. The van der Waals surface area contributed by atoms with Crippen molar-refractivity contribution in [3.63, 3.8) is 0 Å². The number of aromatic nitrogens is 4. The molecule has 1 atom stereocenters. The number of benzene rings is 1. The number of nitrogens with zero attached hydrogens (tertiary/aromatic N) is 5. The van der Waals surface area contributed by atoms with E-state index in [0.29, 0.717) is 17.2 Å². The van der Waals surface area contributed by atoms with Crippen molar-refractivity contribution in [2.45, 2.75) is 32.5 Å². The number of nitrogens with one attached hydrogen (secondary N) is 1. The van der Waals surface area contributed by atoms with E-state index in [-0.39, 0.29) is 18.6 Å². The highest BCUT2D eigenvalue weighted by molar-refractivity contribution is 7.13. The van der Waals surface area contributed by atoms with Gasteiger partial charge in [-0.25, -0.2) is 9.97 Å². The second-order valence-corrected chi connectivity index (χ2v) is 9.66. The lowest BCUT2D eigenvalue weighted by Crippen LogP contribution is -2.37. The van der Waals surface area contributed by atoms with Crippen LogP contribution in [0.25, 0.3) is 16.5 Å². The Morgan fingerprint density at radius 2 is 2.06 bits per heavy atom. The normalized spacial score (nSPS) is 16.0. The summed E-state index contributed by atoms with van der Waals surface area (Å²) in [6, 6.07) is 14.5. The SMILES string of the molecule is COCc1c(C(=O)NC2CCN(Cc3ccccc3)C2)cnn1-c1ncc(C)c(-c2cccs2)n1. The first-order valence-electron chi connectivity index (χ1n) is 11.6. The van der Waals surface area contributed by atoms with Crippen LogP contribution in [0.1, 0.15) is 33.6 Å². The van der Waals surface area contributed by atoms with Crippen molar-refractivity contribution in [2.24, 2.45) is 0 Å². The number of carbonyl (C=O) groups is 1. The van der Waals surface area contributed by atoms with Gasteiger partial charge in [-0.15, -0.1) is 11.3 Å². The number of ether oxygens (including phenoxy) is 1. The number of methoxy groups -OCH3 is 1. The summed E-state index contributed by atoms with van der Waals surface area (Å²) in [5.74, 6) is 0.264. The third-order valence-corrected chi connectivity index (χ3v) is 7.03. The first-order valence-corrected chi connectivity index (χ1v) is 12.5. The van der Waals surface area contributed by atoms with E-state index in [1.165, 1.54) is 5.56 Å². The molecule has 5 rings (SSSR count). The topological polar surface area (TPSA) is 85.2 Å². The fraction of sp³-hybridized carbons (Fsp3) is 0.308. The molecule has 1 saturated heterocycles. The Kier molecular flexibility index (Phi) is 6.98. The van der Waals surface area contributed by atoms with Gasteiger partial charge in [-0.1, -0.05) is 36.4 Å². The lowest BCUT2D eigenvalue weighted by molar-refractivity contribution is 0.0932. The number of hydrogen-bond donors (Lipinski definition) is 1. The Morgan fingerprint density at radius 3 is 2.83 bits per heavy atom. The zero-order valence-electron chi connectivity index (χ0n) is 19.8. The van der Waals surface area contributed by atoms with Crippen molar-refractivity contribution >= 4 is 17.2 Å². The molecule has 4 aromatic rings. The van der Waals surface area contributed by atoms with Gasteiger partial charge in [-0.05, 0) is 35.9 Å². The average molecular weight is 489 g/mol. The van der Waals surface area contributed by atoms with Gasteiger partial charge in [0.1, 0.15) is 0 Å². The van der Waals surface area contributed by atoms with Crippen LogP contribution in [0.4, 0.5) is 0 Å². The predicted molar refractivity (Wildman–Crippen MR) is 136 cm³/mol. The van der Waals surface area contributed by atoms with Crippen molar-refractivity contribution < 1.29 is 9.53 Å². The van der Waals surface area contributed by atoms with E-state index in [2.05, 4.69) is 44.6 Å². The van der Waals surface area contributed by atoms with Gasteiger partial charge in [0.15, 0.2) is 0 Å². The van der Waals surface area contributed by atoms with Crippen molar-refractivity contribution in [1.82, 2.24) is 30.0 Å². The molecule has 1 unspecified atom stereocenters. The highest BCUT2D eigenvalue weighted by Gasteiger charge is 2.27. The summed E-state index contributed by atoms with van der Waals surface area (Å²) < 4.78 is 7.02. The first kappa shape index (κ1) is 23.3. The molecular formula is C26H28N6O2S. The smallest absolute Gasteiger partial charge is 0.255 e. The quantitative estimate of drug-likeness (QED) is 0.406. The van der Waals surface area contributed by atoms with Crippen LogP contribution in [0.5, 0.6) is 0 Å². The Balaban J connectivity index is 1.33. The molecule has 4 heterocycles. The fourth-order valence-electron chi connectivity index (χ4n) is 4.41. The molecule has 1 fully saturated rings. The molecule has 1 amide bonds. The second-order valence-electron chi connectivity index (χ2n) is 8.71. The summed E-state index contributed by atoms with van der Waals surface area (Å²) in [4.78, 5) is 25.9. The van der Waals surface area contributed by atoms with Gasteiger partial charge < -0.3 is 10.1 Å². The Labute approximate surface area is 208 Å². The molecular weight excluding hydrogens is 460 g/mol. The maximum absolute atomic E-state index is 13.2. The summed E-state index contributed by atoms with van der Waals surface area (Å²) in [7, 11) is 1.60. The number of aryl methyl sites for hydroxylation is 1. The monoisotopic (exact) mass is 488 g/mol. The van der Waals surface area contributed by atoms with Gasteiger partial charge >= 0.3 is 0 Å². The minimum Gasteiger partial charge on any atom is -0.378 e. The van der Waals surface area contributed by atoms with E-state index in [1.54, 1.807) is 35.5 Å². The number of carbonyl (C=O) groups excluding carboxylic acids is 1. The van der Waals surface area contributed by atoms with E-state index in [1.807, 2.05) is 30.5 Å². The molecule has 0 aliphatic carbocycles. The highest BCUT2D eigenvalue weighted by Crippen LogP contribution is 2.26. The van der Waals surface area contributed by atoms with E-state index < -0.39 is 0 Å². The molecule has 1 aliphatic heterocycles. The van der Waals surface area contributed by atoms with Crippen LogP contribution in [0.3, 0.4) is 0 Å². The zero-order chi connectivity index (χ0) is 24.2. The molecule has 8 nitrogen and oxygen atoms in total. The van der Waals surface area contributed by atoms with Crippen molar-refractivity contribution in [2.75, 3.05) is 20.2 Å². The Bertz CT molecular complexity index is 1290. The second kappa shape index (κ2) is 10.5. The third-order valence-electron chi connectivity index (χ3n) is 6.15. The summed E-state index contributed by atoms with van der Waals surface area (Å²) in [6.45, 7) is 4.86. The molecule has 1 aromatic carbocycles. The summed E-state index contributed by atoms with van der Waals surface area (Å²) in [6.07, 6.45) is 4.28. The van der Waals surface area contributed by atoms with Crippen molar-refractivity contribution in [3.05, 3.63) is 82.6 Å². The van der Waals surface area contributed by atoms with Gasteiger partial charge in [0, 0.05) is 39.0 Å². The van der Waals surface area contributed by atoms with Crippen molar-refractivity contribution in [3.8, 4) is 16.5 Å². The maximum Gasteiger partial charge on any atom is 0.255 e. The summed E-state index contributed by atoms with van der Waals surface area (Å²) >= 11 is 1.62. The number of hydrogen-bond acceptors (Lipinski definition) is 7. The van der Waals surface area contributed by atoms with Crippen LogP contribution < -0.4 is 5.32 Å². The van der Waals surface area contributed by atoms with E-state index >= 15 is 0 Å². The molecule has 0 bridgehead atoms. The predicted octanol–water partition coefficient (Wildman–Crippen LogP) is 3.85. The molecule has 3 aromatic heterocycles. The Morgan fingerprint density at radius 1 is 1.20 bits per heavy atom. The van der Waals surface area contributed by atoms with Gasteiger partial charge in [-0.3, -0.25) is 9.69 Å². The number of thiophene rings is 1. The van der Waals surface area contributed by atoms with Gasteiger partial charge in [0.05, 0.1) is 34.6 Å². The zero-order valence-corrected chi connectivity index (χ0v) is 20.7. The van der Waals surface area contributed by atoms with E-state index in [9.17, 15) is 4.79 Å². The first-order chi connectivity index (χ1) is 17.1. The lowest BCUT2D eigenvalue weighted by Gasteiger charge is -2.17. The molecule has 9 heteroatoms. The average Bonchev–Trinajstić information content (AvgIpc) is 3.62. The molecule has 1 N–H and O–H groups in total. The standard InChI is InChI=1S/C26H28N6O2S/c1-18-13-27-26(30-24(18)23-9-6-12-35-23)32-22(17-34-2)21(14-28-32)25(33)29-20-10-11-31(16-20)15-19-7-4-3-5-8-19/h3-9,12-14,20H,10-11,15-17H2,1-2H3,(H,29,33). The fourth-order valence-corrected chi connectivity index (χ4v) is 5.19. The maximum atomic E-state index is 13.2. The minimum atomic E-state index is -0.152. The van der Waals surface area contributed by atoms with Crippen LogP contribution >= 0.6 is 11.3 Å². The molecule has 1 aliphatic rings. The van der Waals surface area contributed by atoms with Crippen molar-refractivity contribution in [1.29, 1.82) is 0 Å². The van der Waals surface area contributed by atoms with E-state index in [0.717, 1.165) is 42.2 Å². The molecule has 0 radical (unpaired) electrons. The number of amides is 1. The molecule has 0 spiro atoms. The van der Waals surface area contributed by atoms with Crippen LogP contribution in [-0.2, 0) is 17.9 Å². The van der Waals surface area contributed by atoms with Crippen LogP contribution in [0.15, 0.2) is 60.2 Å². The van der Waals surface area contributed by atoms with E-state index in [4.69, 9.17) is 9.72 Å². The summed E-state index contributed by atoms with van der Waals surface area (Å²) in [5, 5.41) is 9.68. The molecule has 0 saturated carbocycles. The molecule has 180 valence electrons. The van der Waals surface area contributed by atoms with Crippen LogP contribution in [0.2, 0.25) is 0 Å². The number of likely N-dealkylation sites (tertiary alicyclic amines) is 1. The minimum absolute atomic E-state index is 0.0889. The van der Waals surface area contributed by atoms with Gasteiger partial charge in [0.25, 0.3) is 11.9 Å². The van der Waals surface area contributed by atoms with Gasteiger partial charge in [-0.2, -0.15) is 9.78 Å². The number of rotatable bonds is 8. The van der Waals surface area contributed by atoms with Crippen LogP contribution in [-0.4, -0.2) is 56.8 Å². The Hall–Kier alpha value is -3.40. The largest absolute Gasteiger partial charge is 0.378 e. The van der Waals surface area contributed by atoms with Gasteiger partial charge in [0.2, 0.25) is 0 Å². The van der Waals surface area contributed by atoms with Crippen LogP contribution in [0, 0.1) is 6.92 Å². The summed E-state index contributed by atoms with van der Waals surface area (Å²) in [5.41, 5.74) is 4.23.